The number of amides is 1. The number of ether oxygens (including phenoxy) is 1. The monoisotopic (exact) mass is 465 g/mol. The molecule has 32 heavy (non-hydrogen) atoms. The first-order valence-electron chi connectivity index (χ1n) is 9.84. The van der Waals surface area contributed by atoms with Crippen molar-refractivity contribution in [3.63, 3.8) is 0 Å². The Morgan fingerprint density at radius 3 is 2.72 bits per heavy atom. The maximum Gasteiger partial charge on any atom is 0.262 e. The number of thioether (sulfide) groups is 1. The highest BCUT2D eigenvalue weighted by Gasteiger charge is 2.14. The molecule has 0 fully saturated rings. The molecule has 6 nitrogen and oxygen atoms in total. The summed E-state index contributed by atoms with van der Waals surface area (Å²) in [6.07, 6.45) is 0. The van der Waals surface area contributed by atoms with Crippen molar-refractivity contribution in [3.8, 4) is 5.75 Å². The minimum atomic E-state index is -0.208. The zero-order valence-electron chi connectivity index (χ0n) is 17.2. The summed E-state index contributed by atoms with van der Waals surface area (Å²) < 4.78 is 6.77. The summed E-state index contributed by atoms with van der Waals surface area (Å²) in [7, 11) is 1.57. The molecule has 8 heteroatoms. The summed E-state index contributed by atoms with van der Waals surface area (Å²) in [5.74, 6) is 0.541. The van der Waals surface area contributed by atoms with Gasteiger partial charge in [-0.2, -0.15) is 0 Å². The van der Waals surface area contributed by atoms with Crippen LogP contribution in [0.2, 0.25) is 5.02 Å². The summed E-state index contributed by atoms with van der Waals surface area (Å²) in [5.41, 5.74) is 1.94. The van der Waals surface area contributed by atoms with E-state index in [0.717, 1.165) is 5.56 Å². The molecular formula is C24H20ClN3O3S. The summed E-state index contributed by atoms with van der Waals surface area (Å²) in [6, 6.07) is 21.7. The predicted molar refractivity (Wildman–Crippen MR) is 129 cm³/mol. The van der Waals surface area contributed by atoms with Gasteiger partial charge >= 0.3 is 0 Å². The number of aromatic nitrogens is 2. The number of methoxy groups -OCH3 is 1. The Bertz CT molecular complexity index is 1340. The lowest BCUT2D eigenvalue weighted by molar-refractivity contribution is -0.113. The molecule has 0 aliphatic heterocycles. The van der Waals surface area contributed by atoms with E-state index in [1.54, 1.807) is 54.1 Å². The summed E-state index contributed by atoms with van der Waals surface area (Å²) in [4.78, 5) is 30.4. The first-order valence-corrected chi connectivity index (χ1v) is 11.2. The van der Waals surface area contributed by atoms with E-state index >= 15 is 0 Å². The van der Waals surface area contributed by atoms with Crippen LogP contribution in [0.5, 0.6) is 5.75 Å². The minimum Gasteiger partial charge on any atom is -0.497 e. The van der Waals surface area contributed by atoms with E-state index in [1.165, 1.54) is 11.8 Å². The Balaban J connectivity index is 1.60. The van der Waals surface area contributed by atoms with E-state index in [2.05, 4.69) is 10.3 Å². The van der Waals surface area contributed by atoms with Gasteiger partial charge in [0.2, 0.25) is 5.91 Å². The third-order valence-corrected chi connectivity index (χ3v) is 5.95. The van der Waals surface area contributed by atoms with Crippen molar-refractivity contribution in [2.24, 2.45) is 0 Å². The van der Waals surface area contributed by atoms with Crippen LogP contribution in [0, 0.1) is 0 Å². The van der Waals surface area contributed by atoms with Crippen molar-refractivity contribution in [2.45, 2.75) is 11.7 Å². The minimum absolute atomic E-state index is 0.0948. The van der Waals surface area contributed by atoms with Crippen molar-refractivity contribution in [2.75, 3.05) is 18.2 Å². The quantitative estimate of drug-likeness (QED) is 0.312. The first-order chi connectivity index (χ1) is 15.5. The third kappa shape index (κ3) is 5.12. The molecule has 1 amide bonds. The van der Waals surface area contributed by atoms with Gasteiger partial charge in [-0.3, -0.25) is 14.2 Å². The number of halogens is 1. The lowest BCUT2D eigenvalue weighted by Gasteiger charge is -2.13. The molecule has 4 rings (SSSR count). The molecule has 4 aromatic rings. The summed E-state index contributed by atoms with van der Waals surface area (Å²) in [5, 5.41) is 4.43. The molecule has 1 aromatic heterocycles. The maximum absolute atomic E-state index is 13.2. The van der Waals surface area contributed by atoms with Gasteiger partial charge in [-0.05, 0) is 42.0 Å². The number of anilines is 1. The Morgan fingerprint density at radius 2 is 1.91 bits per heavy atom. The number of nitrogens with zero attached hydrogens (tertiary/aromatic N) is 2. The molecule has 0 saturated carbocycles. The fourth-order valence-electron chi connectivity index (χ4n) is 3.24. The van der Waals surface area contributed by atoms with Crippen LogP contribution in [-0.4, -0.2) is 28.3 Å². The number of nitrogens with one attached hydrogen (secondary N) is 1. The van der Waals surface area contributed by atoms with Crippen LogP contribution >= 0.6 is 23.4 Å². The van der Waals surface area contributed by atoms with E-state index in [9.17, 15) is 9.59 Å². The van der Waals surface area contributed by atoms with E-state index < -0.39 is 0 Å². The highest BCUT2D eigenvalue weighted by molar-refractivity contribution is 7.99. The van der Waals surface area contributed by atoms with Gasteiger partial charge in [0.15, 0.2) is 5.16 Å². The van der Waals surface area contributed by atoms with Gasteiger partial charge in [-0.25, -0.2) is 4.98 Å². The lowest BCUT2D eigenvalue weighted by atomic mass is 10.2. The van der Waals surface area contributed by atoms with Crippen LogP contribution < -0.4 is 15.6 Å². The van der Waals surface area contributed by atoms with Crippen LogP contribution in [0.4, 0.5) is 5.69 Å². The molecule has 162 valence electrons. The molecule has 1 heterocycles. The second kappa shape index (κ2) is 9.89. The zero-order valence-corrected chi connectivity index (χ0v) is 18.8. The standard InChI is InChI=1S/C24H20ClN3O3S/c1-31-19-9-5-8-18(13-19)26-22(29)15-32-24-27-21-11-3-2-10-20(21)23(30)28(24)14-16-6-4-7-17(25)12-16/h2-13H,14-15H2,1H3,(H,26,29). The van der Waals surface area contributed by atoms with Gasteiger partial charge in [0, 0.05) is 16.8 Å². The average Bonchev–Trinajstić information content (AvgIpc) is 2.80. The summed E-state index contributed by atoms with van der Waals surface area (Å²) in [6.45, 7) is 0.303. The fourth-order valence-corrected chi connectivity index (χ4v) is 4.25. The maximum atomic E-state index is 13.2. The number of carbonyl (C=O) groups is 1. The molecular weight excluding hydrogens is 446 g/mol. The molecule has 0 spiro atoms. The Hall–Kier alpha value is -3.29. The predicted octanol–water partition coefficient (Wildman–Crippen LogP) is 4.84. The van der Waals surface area contributed by atoms with Gasteiger partial charge in [0.05, 0.1) is 30.3 Å². The molecule has 0 unspecified atom stereocenters. The highest BCUT2D eigenvalue weighted by Crippen LogP contribution is 2.21. The SMILES string of the molecule is COc1cccc(NC(=O)CSc2nc3ccccc3c(=O)n2Cc2cccc(Cl)c2)c1. The number of rotatable bonds is 7. The molecule has 0 aliphatic carbocycles. The van der Waals surface area contributed by atoms with E-state index in [0.29, 0.717) is 39.1 Å². The number of hydrogen-bond acceptors (Lipinski definition) is 5. The number of fused-ring (bicyclic) bond motifs is 1. The zero-order chi connectivity index (χ0) is 22.5. The highest BCUT2D eigenvalue weighted by atomic mass is 35.5. The molecule has 3 aromatic carbocycles. The van der Waals surface area contributed by atoms with Crippen molar-refractivity contribution >= 4 is 45.9 Å². The van der Waals surface area contributed by atoms with Crippen LogP contribution in [0.1, 0.15) is 5.56 Å². The smallest absolute Gasteiger partial charge is 0.262 e. The number of para-hydroxylation sites is 1. The van der Waals surface area contributed by atoms with Crippen LogP contribution in [0.3, 0.4) is 0 Å². The van der Waals surface area contributed by atoms with Crippen molar-refractivity contribution < 1.29 is 9.53 Å². The second-order valence-corrected chi connectivity index (χ2v) is 8.38. The average molecular weight is 466 g/mol. The van der Waals surface area contributed by atoms with E-state index in [-0.39, 0.29) is 17.2 Å². The number of benzene rings is 3. The van der Waals surface area contributed by atoms with Crippen molar-refractivity contribution in [3.05, 3.63) is 93.7 Å². The number of hydrogen-bond donors (Lipinski definition) is 1. The molecule has 0 radical (unpaired) electrons. The molecule has 1 N–H and O–H groups in total. The summed E-state index contributed by atoms with van der Waals surface area (Å²) >= 11 is 7.33. The number of carbonyl (C=O) groups excluding carboxylic acids is 1. The Labute approximate surface area is 194 Å². The van der Waals surface area contributed by atoms with Crippen LogP contribution in [-0.2, 0) is 11.3 Å². The molecule has 0 bridgehead atoms. The molecule has 0 saturated heterocycles. The largest absolute Gasteiger partial charge is 0.497 e. The van der Waals surface area contributed by atoms with Crippen LogP contribution in [0.25, 0.3) is 10.9 Å². The third-order valence-electron chi connectivity index (χ3n) is 4.74. The van der Waals surface area contributed by atoms with Gasteiger partial charge in [0.25, 0.3) is 5.56 Å². The van der Waals surface area contributed by atoms with Crippen LogP contribution in [0.15, 0.2) is 82.7 Å². The lowest BCUT2D eigenvalue weighted by Crippen LogP contribution is -2.25. The van der Waals surface area contributed by atoms with Gasteiger partial charge in [-0.1, -0.05) is 53.7 Å². The Morgan fingerprint density at radius 1 is 1.09 bits per heavy atom. The molecule has 0 atom stereocenters. The van der Waals surface area contributed by atoms with E-state index in [1.807, 2.05) is 30.3 Å². The van der Waals surface area contributed by atoms with Gasteiger partial charge in [-0.15, -0.1) is 0 Å². The van der Waals surface area contributed by atoms with Gasteiger partial charge < -0.3 is 10.1 Å². The van der Waals surface area contributed by atoms with Crippen molar-refractivity contribution in [1.29, 1.82) is 0 Å². The second-order valence-electron chi connectivity index (χ2n) is 7.00. The van der Waals surface area contributed by atoms with Crippen molar-refractivity contribution in [1.82, 2.24) is 9.55 Å². The normalized spacial score (nSPS) is 10.8. The first kappa shape index (κ1) is 21.9. The molecule has 0 aliphatic rings. The topological polar surface area (TPSA) is 73.2 Å². The van der Waals surface area contributed by atoms with E-state index in [4.69, 9.17) is 16.3 Å². The van der Waals surface area contributed by atoms with Gasteiger partial charge in [0.1, 0.15) is 5.75 Å². The fraction of sp³-hybridized carbons (Fsp3) is 0.125. The Kier molecular flexibility index (Phi) is 6.78.